The highest BCUT2D eigenvalue weighted by atomic mass is 32.2. The van der Waals surface area contributed by atoms with Crippen LogP contribution in [0.4, 0.5) is 0 Å². The highest BCUT2D eigenvalue weighted by Gasteiger charge is 1.81. The summed E-state index contributed by atoms with van der Waals surface area (Å²) in [5, 5.41) is 0. The van der Waals surface area contributed by atoms with E-state index in [2.05, 4.69) is 26.4 Å². The highest BCUT2D eigenvalue weighted by molar-refractivity contribution is 8.14. The minimum absolute atomic E-state index is 0.556. The first kappa shape index (κ1) is 7.22. The minimum atomic E-state index is 0.556. The van der Waals surface area contributed by atoms with Gasteiger partial charge in [-0.2, -0.15) is 10.5 Å². The Labute approximate surface area is 48.9 Å². The van der Waals surface area contributed by atoms with Gasteiger partial charge in [0, 0.05) is 0 Å². The second-order valence-corrected chi connectivity index (χ2v) is 4.20. The molecular weight excluding hydrogens is 104 g/mol. The summed E-state index contributed by atoms with van der Waals surface area (Å²) in [7, 11) is 0.556. The van der Waals surface area contributed by atoms with E-state index < -0.39 is 0 Å². The molecule has 0 atom stereocenters. The predicted molar refractivity (Wildman–Crippen MR) is 40.4 cm³/mol. The molecule has 0 spiro atoms. The Kier molecular flexibility index (Phi) is 3.35. The average Bonchev–Trinajstić information content (AvgIpc) is 1.65. The molecule has 0 amide bonds. The van der Waals surface area contributed by atoms with Gasteiger partial charge in [0.1, 0.15) is 0 Å². The van der Waals surface area contributed by atoms with Crippen molar-refractivity contribution in [3.8, 4) is 0 Å². The predicted octanol–water partition coefficient (Wildman–Crippen LogP) is 2.12. The lowest BCUT2D eigenvalue weighted by Gasteiger charge is -1.96. The summed E-state index contributed by atoms with van der Waals surface area (Å²) in [6, 6.07) is 0. The van der Waals surface area contributed by atoms with Crippen LogP contribution in [-0.2, 0) is 0 Å². The lowest BCUT2D eigenvalue weighted by molar-refractivity contribution is 1.31. The molecule has 44 valence electrons. The Morgan fingerprint density at radius 1 is 1.43 bits per heavy atom. The molecule has 0 fully saturated rings. The molecule has 0 saturated heterocycles. The van der Waals surface area contributed by atoms with Crippen LogP contribution in [0, 0.1) is 0 Å². The molecule has 0 heterocycles. The lowest BCUT2D eigenvalue weighted by Crippen LogP contribution is -1.84. The molecule has 0 aliphatic heterocycles. The Hall–Kier alpha value is 0.220. The van der Waals surface area contributed by atoms with Crippen molar-refractivity contribution in [1.82, 2.24) is 0 Å². The fraction of sp³-hybridized carbons (Fsp3) is 0.833. The van der Waals surface area contributed by atoms with E-state index in [1.54, 1.807) is 4.86 Å². The molecule has 0 aromatic rings. The molecule has 1 heteroatoms. The molecular formula is C6H14S. The SMILES string of the molecule is CCC(C)=S(C)C. The van der Waals surface area contributed by atoms with Gasteiger partial charge in [0.15, 0.2) is 0 Å². The molecule has 0 nitrogen and oxygen atoms in total. The molecule has 0 radical (unpaired) electrons. The fourth-order valence-corrected chi connectivity index (χ4v) is 0.866. The molecule has 7 heavy (non-hydrogen) atoms. The van der Waals surface area contributed by atoms with E-state index in [1.165, 1.54) is 6.42 Å². The molecule has 0 aromatic carbocycles. The number of hydrogen-bond acceptors (Lipinski definition) is 0. The normalized spacial score (nSPS) is 9.86. The summed E-state index contributed by atoms with van der Waals surface area (Å²) < 4.78 is 0. The summed E-state index contributed by atoms with van der Waals surface area (Å²) in [4.78, 5) is 1.63. The summed E-state index contributed by atoms with van der Waals surface area (Å²) in [5.41, 5.74) is 0. The fourth-order valence-electron chi connectivity index (χ4n) is 0.289. The van der Waals surface area contributed by atoms with Gasteiger partial charge in [-0.1, -0.05) is 11.8 Å². The summed E-state index contributed by atoms with van der Waals surface area (Å²) in [6.45, 7) is 4.44. The third kappa shape index (κ3) is 2.86. The van der Waals surface area contributed by atoms with Gasteiger partial charge in [0.25, 0.3) is 0 Å². The van der Waals surface area contributed by atoms with Gasteiger partial charge >= 0.3 is 0 Å². The van der Waals surface area contributed by atoms with Crippen LogP contribution < -0.4 is 0 Å². The largest absolute Gasteiger partial charge is 0.193 e. The molecule has 0 unspecified atom stereocenters. The van der Waals surface area contributed by atoms with Crippen LogP contribution >= 0.6 is 10.5 Å². The van der Waals surface area contributed by atoms with Gasteiger partial charge in [-0.15, -0.1) is 0 Å². The van der Waals surface area contributed by atoms with E-state index in [0.717, 1.165) is 0 Å². The van der Waals surface area contributed by atoms with Gasteiger partial charge in [0.2, 0.25) is 0 Å². The van der Waals surface area contributed by atoms with Gasteiger partial charge < -0.3 is 0 Å². The molecule has 0 aliphatic rings. The number of hydrogen-bond donors (Lipinski definition) is 0. The van der Waals surface area contributed by atoms with E-state index in [-0.39, 0.29) is 0 Å². The minimum Gasteiger partial charge on any atom is -0.193 e. The average molecular weight is 118 g/mol. The van der Waals surface area contributed by atoms with E-state index in [9.17, 15) is 0 Å². The summed E-state index contributed by atoms with van der Waals surface area (Å²) in [6.07, 6.45) is 5.77. The first-order valence-corrected chi connectivity index (χ1v) is 4.62. The van der Waals surface area contributed by atoms with E-state index in [1.807, 2.05) is 0 Å². The van der Waals surface area contributed by atoms with Crippen molar-refractivity contribution in [2.24, 2.45) is 0 Å². The lowest BCUT2D eigenvalue weighted by atomic mass is 10.4. The second kappa shape index (κ2) is 3.25. The molecule has 0 aromatic heterocycles. The molecule has 0 aliphatic carbocycles. The van der Waals surface area contributed by atoms with Crippen molar-refractivity contribution in [2.45, 2.75) is 20.3 Å². The first-order chi connectivity index (χ1) is 3.18. The molecule has 0 rings (SSSR count). The van der Waals surface area contributed by atoms with Crippen molar-refractivity contribution < 1.29 is 0 Å². The van der Waals surface area contributed by atoms with Crippen LogP contribution in [-0.4, -0.2) is 17.4 Å². The van der Waals surface area contributed by atoms with Gasteiger partial charge in [-0.3, -0.25) is 0 Å². The molecule has 0 bridgehead atoms. The van der Waals surface area contributed by atoms with Crippen LogP contribution in [0.2, 0.25) is 0 Å². The maximum atomic E-state index is 2.26. The van der Waals surface area contributed by atoms with Gasteiger partial charge in [-0.25, -0.2) is 0 Å². The summed E-state index contributed by atoms with van der Waals surface area (Å²) >= 11 is 0. The van der Waals surface area contributed by atoms with Gasteiger partial charge in [-0.05, 0) is 25.9 Å². The zero-order valence-corrected chi connectivity index (χ0v) is 6.43. The maximum Gasteiger partial charge on any atom is -0.0237 e. The van der Waals surface area contributed by atoms with Crippen molar-refractivity contribution in [1.29, 1.82) is 0 Å². The third-order valence-corrected chi connectivity index (χ3v) is 2.88. The van der Waals surface area contributed by atoms with E-state index in [0.29, 0.717) is 10.5 Å². The van der Waals surface area contributed by atoms with Crippen LogP contribution in [0.3, 0.4) is 0 Å². The Morgan fingerprint density at radius 2 is 1.86 bits per heavy atom. The summed E-state index contributed by atoms with van der Waals surface area (Å²) in [5.74, 6) is 0. The Bertz CT molecular complexity index is 78.2. The van der Waals surface area contributed by atoms with Crippen LogP contribution in [0.5, 0.6) is 0 Å². The Morgan fingerprint density at radius 3 is 1.86 bits per heavy atom. The van der Waals surface area contributed by atoms with Crippen LogP contribution in [0.15, 0.2) is 0 Å². The second-order valence-electron chi connectivity index (χ2n) is 1.87. The smallest absolute Gasteiger partial charge is 0.0237 e. The standard InChI is InChI=1S/C6H14S/c1-5-6(2)7(3)4/h5H2,1-4H3. The maximum absolute atomic E-state index is 2.26. The van der Waals surface area contributed by atoms with Crippen LogP contribution in [0.25, 0.3) is 0 Å². The highest BCUT2D eigenvalue weighted by Crippen LogP contribution is 2.03. The topological polar surface area (TPSA) is 0 Å². The number of rotatable bonds is 1. The third-order valence-electron chi connectivity index (χ3n) is 1.19. The zero-order chi connectivity index (χ0) is 5.86. The Balaban J connectivity index is 3.72. The molecule has 0 N–H and O–H groups in total. The van der Waals surface area contributed by atoms with Crippen molar-refractivity contribution in [2.75, 3.05) is 12.5 Å². The first-order valence-electron chi connectivity index (χ1n) is 2.58. The van der Waals surface area contributed by atoms with E-state index in [4.69, 9.17) is 0 Å². The monoisotopic (exact) mass is 118 g/mol. The quantitative estimate of drug-likeness (QED) is 0.463. The zero-order valence-electron chi connectivity index (χ0n) is 5.62. The van der Waals surface area contributed by atoms with Crippen LogP contribution in [0.1, 0.15) is 20.3 Å². The van der Waals surface area contributed by atoms with Crippen molar-refractivity contribution >= 4 is 15.3 Å². The van der Waals surface area contributed by atoms with E-state index >= 15 is 0 Å². The van der Waals surface area contributed by atoms with Crippen molar-refractivity contribution in [3.05, 3.63) is 0 Å². The van der Waals surface area contributed by atoms with Gasteiger partial charge in [0.05, 0.1) is 0 Å². The molecule has 0 saturated carbocycles. The van der Waals surface area contributed by atoms with Crippen molar-refractivity contribution in [3.63, 3.8) is 0 Å².